The van der Waals surface area contributed by atoms with Crippen molar-refractivity contribution in [2.45, 2.75) is 0 Å². The van der Waals surface area contributed by atoms with Crippen molar-refractivity contribution in [3.8, 4) is 23.0 Å². The molecule has 0 saturated carbocycles. The Morgan fingerprint density at radius 2 is 1.07 bits per heavy atom. The molecule has 0 aliphatic heterocycles. The van der Waals surface area contributed by atoms with E-state index in [9.17, 15) is 0 Å². The molecule has 0 amide bonds. The molecular formula is C20H17Cl2N5ORu. The number of rotatable bonds is 2. The maximum absolute atomic E-state index is 7.00. The summed E-state index contributed by atoms with van der Waals surface area (Å²) in [6.45, 7) is 0. The summed E-state index contributed by atoms with van der Waals surface area (Å²) in [6.07, 6.45) is 0. The number of benzene rings is 2. The molecule has 3 N–H and O–H groups in total. The first-order chi connectivity index (χ1) is 14.3. The van der Waals surface area contributed by atoms with Crippen LogP contribution < -0.4 is 0 Å². The Labute approximate surface area is 183 Å². The second-order valence-corrected chi connectivity index (χ2v) is 8.30. The number of aromatic nitrogens is 5. The van der Waals surface area contributed by atoms with Gasteiger partial charge in [-0.05, 0) is 36.4 Å². The first kappa shape index (κ1) is 21.4. The standard InChI is InChI=1S/C19H13N5.CH4O.2ClH.Ru/c1-2-7-13-12(6-1)21-18(22-13)16-10-5-11-17(20-16)19-23-14-8-3-4-9-15(14)24-19;1-2;;;/h1-11H,(H,21,22)(H,23,24);2H,1H3;2*1H;/q;;;;+2/p-2. The van der Waals surface area contributed by atoms with Gasteiger partial charge in [-0.15, -0.1) is 0 Å². The zero-order chi connectivity index (χ0) is 20.6. The number of aromatic amines is 2. The van der Waals surface area contributed by atoms with Crippen molar-refractivity contribution in [2.24, 2.45) is 0 Å². The number of hydrogen-bond donors (Lipinski definition) is 3. The molecule has 0 unspecified atom stereocenters. The summed E-state index contributed by atoms with van der Waals surface area (Å²) in [6, 6.07) is 21.8. The number of nitrogens with zero attached hydrogens (tertiary/aromatic N) is 3. The van der Waals surface area contributed by atoms with E-state index in [0.29, 0.717) is 0 Å². The monoisotopic (exact) mass is 515 g/mol. The Hall–Kier alpha value is -2.31. The Bertz CT molecular complexity index is 1050. The number of para-hydroxylation sites is 4. The van der Waals surface area contributed by atoms with Crippen LogP contribution in [0.4, 0.5) is 0 Å². The van der Waals surface area contributed by atoms with Gasteiger partial charge in [-0.25, -0.2) is 15.0 Å². The minimum atomic E-state index is -0.346. The maximum atomic E-state index is 7.00. The van der Waals surface area contributed by atoms with E-state index in [2.05, 4.69) is 19.9 Å². The van der Waals surface area contributed by atoms with Crippen molar-refractivity contribution >= 4 is 41.4 Å². The molecule has 0 atom stereocenters. The van der Waals surface area contributed by atoms with E-state index in [1.54, 1.807) is 0 Å². The van der Waals surface area contributed by atoms with E-state index in [-0.39, 0.29) is 15.1 Å². The van der Waals surface area contributed by atoms with Gasteiger partial charge in [0.2, 0.25) is 0 Å². The molecule has 0 saturated heterocycles. The van der Waals surface area contributed by atoms with Crippen LogP contribution in [0.2, 0.25) is 0 Å². The number of fused-ring (bicyclic) bond motifs is 2. The molecule has 0 aliphatic carbocycles. The van der Waals surface area contributed by atoms with Crippen LogP contribution in [-0.2, 0) is 15.1 Å². The predicted molar refractivity (Wildman–Crippen MR) is 114 cm³/mol. The molecule has 0 aliphatic rings. The summed E-state index contributed by atoms with van der Waals surface area (Å²) in [4.78, 5) is 20.6. The third kappa shape index (κ3) is 5.00. The minimum absolute atomic E-state index is 0.346. The molecule has 3 aromatic heterocycles. The van der Waals surface area contributed by atoms with Gasteiger partial charge in [0.05, 0.1) is 22.1 Å². The van der Waals surface area contributed by atoms with Gasteiger partial charge in [-0.1, -0.05) is 30.3 Å². The van der Waals surface area contributed by atoms with Crippen LogP contribution in [0.5, 0.6) is 0 Å². The van der Waals surface area contributed by atoms with Crippen molar-refractivity contribution in [3.63, 3.8) is 0 Å². The Morgan fingerprint density at radius 3 is 1.48 bits per heavy atom. The first-order valence-electron chi connectivity index (χ1n) is 8.45. The van der Waals surface area contributed by atoms with Gasteiger partial charge in [0.15, 0.2) is 11.6 Å². The predicted octanol–water partition coefficient (Wildman–Crippen LogP) is 5.15. The molecule has 5 rings (SSSR count). The number of pyridine rings is 1. The summed E-state index contributed by atoms with van der Waals surface area (Å²) in [7, 11) is 10.7. The normalized spacial score (nSPS) is 10.3. The van der Waals surface area contributed by atoms with Gasteiger partial charge >= 0.3 is 34.5 Å². The van der Waals surface area contributed by atoms with Crippen LogP contribution in [-0.4, -0.2) is 37.1 Å². The van der Waals surface area contributed by atoms with Crippen molar-refractivity contribution in [3.05, 3.63) is 66.7 Å². The number of hydrogen-bond acceptors (Lipinski definition) is 4. The Balaban J connectivity index is 0.000000443. The third-order valence-electron chi connectivity index (χ3n) is 4.01. The zero-order valence-corrected chi connectivity index (χ0v) is 18.5. The summed E-state index contributed by atoms with van der Waals surface area (Å²) >= 11 is -0.346. The van der Waals surface area contributed by atoms with Gasteiger partial charge < -0.3 is 15.1 Å². The maximum Gasteiger partial charge on any atom is 0.157 e. The Kier molecular flexibility index (Phi) is 7.72. The SMILES string of the molecule is CO.[Cl][Ru][Cl].c1cc(-c2nc3ccccc3[nH]2)nc(-c2nc3ccccc3[nH]2)c1. The van der Waals surface area contributed by atoms with E-state index in [1.807, 2.05) is 66.7 Å². The minimum Gasteiger partial charge on any atom is -0.337 e. The van der Waals surface area contributed by atoms with Gasteiger partial charge in [0.25, 0.3) is 0 Å². The summed E-state index contributed by atoms with van der Waals surface area (Å²) in [5.41, 5.74) is 5.46. The van der Waals surface area contributed by atoms with Crippen LogP contribution in [0.15, 0.2) is 66.7 Å². The molecule has 0 radical (unpaired) electrons. The largest absolute Gasteiger partial charge is 0.337 e. The number of nitrogens with one attached hydrogen (secondary N) is 2. The molecule has 6 nitrogen and oxygen atoms in total. The molecule has 0 fully saturated rings. The smallest absolute Gasteiger partial charge is 0.157 e. The molecule has 29 heavy (non-hydrogen) atoms. The van der Waals surface area contributed by atoms with Crippen LogP contribution in [0, 0.1) is 0 Å². The molecule has 2 aromatic carbocycles. The van der Waals surface area contributed by atoms with E-state index < -0.39 is 0 Å². The van der Waals surface area contributed by atoms with Gasteiger partial charge in [0.1, 0.15) is 11.4 Å². The van der Waals surface area contributed by atoms with E-state index in [0.717, 1.165) is 52.2 Å². The van der Waals surface area contributed by atoms with Crippen LogP contribution in [0.25, 0.3) is 45.1 Å². The number of aliphatic hydroxyl groups is 1. The molecular weight excluding hydrogens is 498 g/mol. The average molecular weight is 515 g/mol. The van der Waals surface area contributed by atoms with Gasteiger partial charge in [-0.2, -0.15) is 0 Å². The van der Waals surface area contributed by atoms with E-state index >= 15 is 0 Å². The fourth-order valence-electron chi connectivity index (χ4n) is 2.85. The van der Waals surface area contributed by atoms with Crippen molar-refractivity contribution in [1.82, 2.24) is 24.9 Å². The van der Waals surface area contributed by atoms with E-state index in [1.165, 1.54) is 0 Å². The van der Waals surface area contributed by atoms with Gasteiger partial charge in [0, 0.05) is 7.11 Å². The van der Waals surface area contributed by atoms with Gasteiger partial charge in [-0.3, -0.25) is 0 Å². The molecule has 3 heterocycles. The van der Waals surface area contributed by atoms with Crippen molar-refractivity contribution in [2.75, 3.05) is 7.11 Å². The first-order valence-corrected chi connectivity index (χ1v) is 12.9. The second kappa shape index (κ2) is 10.5. The quantitative estimate of drug-likeness (QED) is 0.284. The van der Waals surface area contributed by atoms with Crippen LogP contribution in [0.1, 0.15) is 0 Å². The summed E-state index contributed by atoms with van der Waals surface area (Å²) in [5, 5.41) is 7.00. The van der Waals surface area contributed by atoms with E-state index in [4.69, 9.17) is 29.5 Å². The molecule has 5 aromatic rings. The number of halogens is 2. The fourth-order valence-corrected chi connectivity index (χ4v) is 2.85. The number of imidazole rings is 2. The average Bonchev–Trinajstić information content (AvgIpc) is 3.40. The van der Waals surface area contributed by atoms with Crippen LogP contribution >= 0.6 is 19.4 Å². The third-order valence-corrected chi connectivity index (χ3v) is 4.01. The number of H-pyrrole nitrogens is 2. The number of aliphatic hydroxyl groups excluding tert-OH is 1. The molecule has 0 bridgehead atoms. The summed E-state index contributed by atoms with van der Waals surface area (Å²) in [5.74, 6) is 1.52. The Morgan fingerprint density at radius 1 is 0.655 bits per heavy atom. The van der Waals surface area contributed by atoms with Crippen molar-refractivity contribution < 1.29 is 20.3 Å². The topological polar surface area (TPSA) is 90.5 Å². The zero-order valence-electron chi connectivity index (χ0n) is 15.2. The molecule has 0 spiro atoms. The fraction of sp³-hybridized carbons (Fsp3) is 0.0500. The van der Waals surface area contributed by atoms with Crippen LogP contribution in [0.3, 0.4) is 0 Å². The second-order valence-electron chi connectivity index (χ2n) is 5.66. The molecule has 150 valence electrons. The van der Waals surface area contributed by atoms with Crippen molar-refractivity contribution in [1.29, 1.82) is 0 Å². The molecule has 9 heteroatoms. The summed E-state index contributed by atoms with van der Waals surface area (Å²) < 4.78 is 0.